The van der Waals surface area contributed by atoms with Crippen LogP contribution in [0.2, 0.25) is 5.02 Å². The maximum Gasteiger partial charge on any atom is 0.323 e. The first-order chi connectivity index (χ1) is 12.2. The van der Waals surface area contributed by atoms with Gasteiger partial charge >= 0.3 is 5.97 Å². The summed E-state index contributed by atoms with van der Waals surface area (Å²) in [5, 5.41) is 20.1. The van der Waals surface area contributed by atoms with Gasteiger partial charge in [0.15, 0.2) is 0 Å². The number of piperidine rings is 1. The van der Waals surface area contributed by atoms with Gasteiger partial charge in [-0.15, -0.1) is 0 Å². The summed E-state index contributed by atoms with van der Waals surface area (Å²) in [6, 6.07) is 6.92. The number of carboxylic acid groups (broad SMARTS) is 1. The Bertz CT molecular complexity index is 687. The maximum absolute atomic E-state index is 13.2. The van der Waals surface area contributed by atoms with Crippen LogP contribution in [-0.2, 0) is 9.59 Å². The lowest BCUT2D eigenvalue weighted by Crippen LogP contribution is -2.46. The number of benzene rings is 1. The van der Waals surface area contributed by atoms with Crippen molar-refractivity contribution in [1.29, 1.82) is 0 Å². The Morgan fingerprint density at radius 2 is 1.77 bits per heavy atom. The minimum absolute atomic E-state index is 0.0336. The second kappa shape index (κ2) is 7.18. The molecule has 3 atom stereocenters. The fourth-order valence-corrected chi connectivity index (χ4v) is 4.28. The molecule has 0 unspecified atom stereocenters. The van der Waals surface area contributed by atoms with Crippen LogP contribution in [0.1, 0.15) is 37.8 Å². The highest BCUT2D eigenvalue weighted by molar-refractivity contribution is 6.30. The number of amides is 1. The third-order valence-corrected chi connectivity index (χ3v) is 6.21. The molecule has 26 heavy (non-hydrogen) atoms. The van der Waals surface area contributed by atoms with E-state index in [1.807, 2.05) is 12.1 Å². The normalized spacial score (nSPS) is 30.5. The molecule has 3 rings (SSSR count). The molecule has 0 aliphatic carbocycles. The molecule has 142 valence electrons. The maximum atomic E-state index is 13.2. The van der Waals surface area contributed by atoms with Crippen LogP contribution in [0.5, 0.6) is 0 Å². The van der Waals surface area contributed by atoms with E-state index in [1.165, 1.54) is 0 Å². The van der Waals surface area contributed by atoms with Gasteiger partial charge in [-0.3, -0.25) is 14.5 Å². The van der Waals surface area contributed by atoms with Crippen molar-refractivity contribution in [1.82, 2.24) is 9.80 Å². The number of carbonyl (C=O) groups is 2. The Labute approximate surface area is 158 Å². The minimum Gasteiger partial charge on any atom is -0.480 e. The van der Waals surface area contributed by atoms with Crippen molar-refractivity contribution in [2.24, 2.45) is 5.92 Å². The molecule has 2 heterocycles. The van der Waals surface area contributed by atoms with Crippen LogP contribution in [0.25, 0.3) is 0 Å². The highest BCUT2D eigenvalue weighted by Crippen LogP contribution is 2.46. The van der Waals surface area contributed by atoms with Gasteiger partial charge in [0.05, 0.1) is 12.0 Å². The van der Waals surface area contributed by atoms with Gasteiger partial charge in [0, 0.05) is 24.2 Å². The Hall–Kier alpha value is -1.63. The van der Waals surface area contributed by atoms with Gasteiger partial charge < -0.3 is 15.1 Å². The van der Waals surface area contributed by atoms with Gasteiger partial charge in [-0.1, -0.05) is 23.7 Å². The molecule has 1 amide bonds. The molecule has 1 aromatic rings. The smallest absolute Gasteiger partial charge is 0.323 e. The van der Waals surface area contributed by atoms with Crippen LogP contribution in [-0.4, -0.2) is 63.7 Å². The van der Waals surface area contributed by atoms with Crippen LogP contribution in [0, 0.1) is 5.92 Å². The van der Waals surface area contributed by atoms with Crippen molar-refractivity contribution in [3.63, 3.8) is 0 Å². The van der Waals surface area contributed by atoms with E-state index in [0.717, 1.165) is 5.56 Å². The number of likely N-dealkylation sites (tertiary alicyclic amines) is 2. The number of carboxylic acids is 1. The number of likely N-dealkylation sites (N-methyl/N-ethyl adjacent to an activating group) is 1. The van der Waals surface area contributed by atoms with E-state index in [9.17, 15) is 19.8 Å². The molecule has 2 saturated heterocycles. The first kappa shape index (κ1) is 19.1. The molecule has 0 bridgehead atoms. The fourth-order valence-electron chi connectivity index (χ4n) is 4.16. The van der Waals surface area contributed by atoms with Crippen LogP contribution >= 0.6 is 11.6 Å². The quantitative estimate of drug-likeness (QED) is 0.839. The zero-order chi connectivity index (χ0) is 19.1. The zero-order valence-corrected chi connectivity index (χ0v) is 15.8. The van der Waals surface area contributed by atoms with E-state index in [2.05, 4.69) is 0 Å². The number of hydrogen-bond donors (Lipinski definition) is 2. The molecule has 2 fully saturated rings. The summed E-state index contributed by atoms with van der Waals surface area (Å²) in [5.74, 6) is -1.41. The summed E-state index contributed by atoms with van der Waals surface area (Å²) in [5.41, 5.74) is -0.225. The zero-order valence-electron chi connectivity index (χ0n) is 15.1. The van der Waals surface area contributed by atoms with Crippen LogP contribution in [0.4, 0.5) is 0 Å². The average molecular weight is 381 g/mol. The first-order valence-electron chi connectivity index (χ1n) is 8.92. The molecular weight excluding hydrogens is 356 g/mol. The topological polar surface area (TPSA) is 81.1 Å². The van der Waals surface area contributed by atoms with Crippen LogP contribution in [0.3, 0.4) is 0 Å². The van der Waals surface area contributed by atoms with Crippen molar-refractivity contribution >= 4 is 23.5 Å². The Kier molecular flexibility index (Phi) is 5.28. The number of carbonyl (C=O) groups excluding carboxylic acids is 1. The van der Waals surface area contributed by atoms with E-state index in [-0.39, 0.29) is 24.5 Å². The molecule has 0 spiro atoms. The minimum atomic E-state index is -1.11. The predicted octanol–water partition coefficient (Wildman–Crippen LogP) is 2.16. The molecule has 1 aromatic carbocycles. The van der Waals surface area contributed by atoms with E-state index >= 15 is 0 Å². The lowest BCUT2D eigenvalue weighted by molar-refractivity contribution is -0.148. The lowest BCUT2D eigenvalue weighted by Gasteiger charge is -2.34. The molecular formula is C19H25ClN2O4. The molecule has 6 nitrogen and oxygen atoms in total. The third kappa shape index (κ3) is 3.33. The van der Waals surface area contributed by atoms with E-state index < -0.39 is 17.4 Å². The monoisotopic (exact) mass is 380 g/mol. The van der Waals surface area contributed by atoms with Gasteiger partial charge in [0.1, 0.15) is 5.54 Å². The number of aliphatic hydroxyl groups excluding tert-OH is 1. The summed E-state index contributed by atoms with van der Waals surface area (Å²) in [6.07, 6.45) is 1.03. The van der Waals surface area contributed by atoms with Crippen LogP contribution < -0.4 is 0 Å². The van der Waals surface area contributed by atoms with Gasteiger partial charge in [-0.05, 0) is 50.9 Å². The first-order valence-corrected chi connectivity index (χ1v) is 9.30. The average Bonchev–Trinajstić information content (AvgIpc) is 2.89. The van der Waals surface area contributed by atoms with Gasteiger partial charge in [0.25, 0.3) is 0 Å². The molecule has 0 aromatic heterocycles. The second-order valence-electron chi connectivity index (χ2n) is 7.55. The Morgan fingerprint density at radius 3 is 2.31 bits per heavy atom. The number of hydrogen-bond acceptors (Lipinski definition) is 4. The van der Waals surface area contributed by atoms with Gasteiger partial charge in [0.2, 0.25) is 5.91 Å². The highest BCUT2D eigenvalue weighted by Gasteiger charge is 2.55. The van der Waals surface area contributed by atoms with Gasteiger partial charge in [-0.25, -0.2) is 0 Å². The number of rotatable bonds is 3. The van der Waals surface area contributed by atoms with E-state index in [1.54, 1.807) is 35.9 Å². The third-order valence-electron chi connectivity index (χ3n) is 5.96. The molecule has 0 radical (unpaired) electrons. The standard InChI is InChI=1S/C19H25ClN2O4/c1-19(18(25)26)11-15(17(24)22-9-7-14(23)8-10-22)16(21(19)2)12-3-5-13(20)6-4-12/h3-6,14-16,23H,7-11H2,1-2H3,(H,25,26)/t15-,16-,19-/m0/s1. The lowest BCUT2D eigenvalue weighted by atomic mass is 9.88. The molecule has 2 aliphatic rings. The molecule has 7 heteroatoms. The van der Waals surface area contributed by atoms with Crippen molar-refractivity contribution < 1.29 is 19.8 Å². The summed E-state index contributed by atoms with van der Waals surface area (Å²) < 4.78 is 0. The second-order valence-corrected chi connectivity index (χ2v) is 7.99. The van der Waals surface area contributed by atoms with Gasteiger partial charge in [-0.2, -0.15) is 0 Å². The molecule has 2 aliphatic heterocycles. The van der Waals surface area contributed by atoms with Crippen LogP contribution in [0.15, 0.2) is 24.3 Å². The Morgan fingerprint density at radius 1 is 1.19 bits per heavy atom. The summed E-state index contributed by atoms with van der Waals surface area (Å²) in [7, 11) is 1.76. The molecule has 2 N–H and O–H groups in total. The number of aliphatic hydroxyl groups is 1. The summed E-state index contributed by atoms with van der Waals surface area (Å²) in [6.45, 7) is 2.69. The Balaban J connectivity index is 1.93. The van der Waals surface area contributed by atoms with Crippen molar-refractivity contribution in [2.75, 3.05) is 20.1 Å². The van der Waals surface area contributed by atoms with Crippen molar-refractivity contribution in [3.8, 4) is 0 Å². The predicted molar refractivity (Wildman–Crippen MR) is 97.9 cm³/mol. The number of halogens is 1. The summed E-state index contributed by atoms with van der Waals surface area (Å²) in [4.78, 5) is 28.7. The van der Waals surface area contributed by atoms with Crippen molar-refractivity contribution in [2.45, 2.75) is 43.9 Å². The number of nitrogens with zero attached hydrogens (tertiary/aromatic N) is 2. The highest BCUT2D eigenvalue weighted by atomic mass is 35.5. The molecule has 0 saturated carbocycles. The van der Waals surface area contributed by atoms with E-state index in [0.29, 0.717) is 31.0 Å². The van der Waals surface area contributed by atoms with Crippen molar-refractivity contribution in [3.05, 3.63) is 34.9 Å². The SMILES string of the molecule is CN1[C@@H](c2ccc(Cl)cc2)[C@@H](C(=O)N2CCC(O)CC2)C[C@@]1(C)C(=O)O. The fraction of sp³-hybridized carbons (Fsp3) is 0.579. The number of aliphatic carboxylic acids is 1. The summed E-state index contributed by atoms with van der Waals surface area (Å²) >= 11 is 5.99. The van der Waals surface area contributed by atoms with E-state index in [4.69, 9.17) is 11.6 Å². The largest absolute Gasteiger partial charge is 0.480 e.